The van der Waals surface area contributed by atoms with Crippen molar-refractivity contribution in [1.29, 1.82) is 0 Å². The average molecular weight is 250 g/mol. The molecule has 4 nitrogen and oxygen atoms in total. The van der Waals surface area contributed by atoms with Gasteiger partial charge in [0, 0.05) is 23.6 Å². The second kappa shape index (κ2) is 6.50. The van der Waals surface area contributed by atoms with E-state index in [-0.39, 0.29) is 22.6 Å². The van der Waals surface area contributed by atoms with Gasteiger partial charge < -0.3 is 5.32 Å². The molecule has 0 heterocycles. The quantitative estimate of drug-likeness (QED) is 0.622. The van der Waals surface area contributed by atoms with E-state index in [0.29, 0.717) is 0 Å². The number of nitro benzene ring substituents is 1. The Morgan fingerprint density at radius 1 is 1.39 bits per heavy atom. The van der Waals surface area contributed by atoms with Crippen molar-refractivity contribution >= 4 is 5.69 Å². The van der Waals surface area contributed by atoms with E-state index in [2.05, 4.69) is 19.2 Å². The van der Waals surface area contributed by atoms with E-state index in [1.54, 1.807) is 12.1 Å². The van der Waals surface area contributed by atoms with Gasteiger partial charge in [-0.2, -0.15) is 0 Å². The minimum atomic E-state index is -0.282. The van der Waals surface area contributed by atoms with E-state index in [9.17, 15) is 10.1 Å². The summed E-state index contributed by atoms with van der Waals surface area (Å²) in [5, 5.41) is 14.5. The molecule has 2 unspecified atom stereocenters. The number of nitrogens with zero attached hydrogens (tertiary/aromatic N) is 1. The van der Waals surface area contributed by atoms with Crippen LogP contribution in [0.4, 0.5) is 5.69 Å². The minimum absolute atomic E-state index is 0.172. The van der Waals surface area contributed by atoms with Crippen LogP contribution in [-0.2, 0) is 0 Å². The molecule has 0 spiro atoms. The van der Waals surface area contributed by atoms with Gasteiger partial charge in [-0.05, 0) is 32.9 Å². The van der Waals surface area contributed by atoms with Crippen molar-refractivity contribution in [1.82, 2.24) is 5.32 Å². The van der Waals surface area contributed by atoms with Gasteiger partial charge in [-0.15, -0.1) is 0 Å². The lowest BCUT2D eigenvalue weighted by Gasteiger charge is -2.24. The first-order valence-corrected chi connectivity index (χ1v) is 6.49. The van der Waals surface area contributed by atoms with Gasteiger partial charge in [0.25, 0.3) is 5.69 Å². The Kier molecular flexibility index (Phi) is 5.28. The Morgan fingerprint density at radius 3 is 2.56 bits per heavy atom. The number of rotatable bonds is 6. The molecule has 0 aliphatic carbocycles. The van der Waals surface area contributed by atoms with E-state index in [1.807, 2.05) is 19.9 Å². The fourth-order valence-electron chi connectivity index (χ4n) is 2.44. The molecule has 1 aromatic carbocycles. The van der Waals surface area contributed by atoms with Crippen molar-refractivity contribution < 1.29 is 4.92 Å². The van der Waals surface area contributed by atoms with Crippen LogP contribution in [0.15, 0.2) is 18.2 Å². The highest BCUT2D eigenvalue weighted by molar-refractivity contribution is 5.45. The number of hydrogen-bond donors (Lipinski definition) is 1. The van der Waals surface area contributed by atoms with Gasteiger partial charge in [0.15, 0.2) is 0 Å². The third-order valence-electron chi connectivity index (χ3n) is 3.35. The highest BCUT2D eigenvalue weighted by Gasteiger charge is 2.24. The number of nitro groups is 1. The maximum atomic E-state index is 11.1. The second-order valence-corrected chi connectivity index (χ2v) is 4.68. The lowest BCUT2D eigenvalue weighted by Crippen LogP contribution is -2.32. The number of aryl methyl sites for hydroxylation is 1. The van der Waals surface area contributed by atoms with E-state index in [0.717, 1.165) is 24.1 Å². The fraction of sp³-hybridized carbons (Fsp3) is 0.571. The van der Waals surface area contributed by atoms with Gasteiger partial charge in [0.05, 0.1) is 4.92 Å². The van der Waals surface area contributed by atoms with Crippen molar-refractivity contribution in [2.75, 3.05) is 6.54 Å². The maximum absolute atomic E-state index is 11.1. The molecule has 1 aromatic rings. The van der Waals surface area contributed by atoms with E-state index >= 15 is 0 Å². The Hall–Kier alpha value is -1.42. The van der Waals surface area contributed by atoms with Gasteiger partial charge >= 0.3 is 0 Å². The van der Waals surface area contributed by atoms with Crippen molar-refractivity contribution in [3.05, 3.63) is 39.4 Å². The summed E-state index contributed by atoms with van der Waals surface area (Å²) >= 11 is 0. The van der Waals surface area contributed by atoms with Crippen LogP contribution in [0, 0.1) is 17.0 Å². The normalized spacial score (nSPS) is 14.2. The molecule has 0 bridgehead atoms. The summed E-state index contributed by atoms with van der Waals surface area (Å²) in [4.78, 5) is 10.8. The molecular formula is C14H22N2O2. The number of hydrogen-bond acceptors (Lipinski definition) is 3. The monoisotopic (exact) mass is 250 g/mol. The summed E-state index contributed by atoms with van der Waals surface area (Å²) in [6, 6.07) is 5.60. The molecule has 0 saturated heterocycles. The van der Waals surface area contributed by atoms with Crippen LogP contribution in [0.25, 0.3) is 0 Å². The summed E-state index contributed by atoms with van der Waals surface area (Å²) in [5.41, 5.74) is 2.14. The van der Waals surface area contributed by atoms with E-state index in [4.69, 9.17) is 0 Å². The van der Waals surface area contributed by atoms with Crippen molar-refractivity contribution in [3.8, 4) is 0 Å². The number of likely N-dealkylation sites (N-methyl/N-ethyl adjacent to an activating group) is 1. The number of benzene rings is 1. The minimum Gasteiger partial charge on any atom is -0.314 e. The maximum Gasteiger partial charge on any atom is 0.272 e. The van der Waals surface area contributed by atoms with E-state index in [1.165, 1.54) is 0 Å². The second-order valence-electron chi connectivity index (χ2n) is 4.68. The molecule has 0 aliphatic rings. The van der Waals surface area contributed by atoms with Gasteiger partial charge in [-0.1, -0.05) is 25.5 Å². The predicted molar refractivity (Wildman–Crippen MR) is 74.0 cm³/mol. The van der Waals surface area contributed by atoms with E-state index < -0.39 is 0 Å². The van der Waals surface area contributed by atoms with Crippen LogP contribution in [0.2, 0.25) is 0 Å². The Labute approximate surface area is 109 Å². The summed E-state index contributed by atoms with van der Waals surface area (Å²) in [5.74, 6) is 0.172. The van der Waals surface area contributed by atoms with Crippen molar-refractivity contribution in [3.63, 3.8) is 0 Å². The molecule has 0 aliphatic heterocycles. The average Bonchev–Trinajstić information content (AvgIpc) is 2.30. The molecule has 0 fully saturated rings. The van der Waals surface area contributed by atoms with Crippen molar-refractivity contribution in [2.24, 2.45) is 0 Å². The fourth-order valence-corrected chi connectivity index (χ4v) is 2.44. The number of nitrogens with one attached hydrogen (secondary N) is 1. The third kappa shape index (κ3) is 3.29. The molecule has 4 heteroatoms. The molecule has 0 saturated carbocycles. The smallest absolute Gasteiger partial charge is 0.272 e. The molecule has 0 aromatic heterocycles. The Morgan fingerprint density at radius 2 is 2.06 bits per heavy atom. The zero-order valence-corrected chi connectivity index (χ0v) is 11.6. The van der Waals surface area contributed by atoms with Crippen LogP contribution in [0.3, 0.4) is 0 Å². The first kappa shape index (κ1) is 14.6. The largest absolute Gasteiger partial charge is 0.314 e. The van der Waals surface area contributed by atoms with Crippen LogP contribution in [-0.4, -0.2) is 17.5 Å². The standard InChI is InChI=1S/C14H22N2O2/c1-5-12(11(4)15-6-2)13-9-10(3)7-8-14(13)16(17)18/h7-9,11-12,15H,5-6H2,1-4H3. The zero-order chi connectivity index (χ0) is 13.7. The molecule has 2 atom stereocenters. The summed E-state index contributed by atoms with van der Waals surface area (Å²) in [6.07, 6.45) is 0.887. The van der Waals surface area contributed by atoms with Gasteiger partial charge in [-0.25, -0.2) is 0 Å². The van der Waals surface area contributed by atoms with Gasteiger partial charge in [-0.3, -0.25) is 10.1 Å². The molecule has 1 rings (SSSR count). The third-order valence-corrected chi connectivity index (χ3v) is 3.35. The molecule has 0 radical (unpaired) electrons. The van der Waals surface area contributed by atoms with Gasteiger partial charge in [0.2, 0.25) is 0 Å². The summed E-state index contributed by atoms with van der Waals surface area (Å²) in [7, 11) is 0. The predicted octanol–water partition coefficient (Wildman–Crippen LogP) is 3.39. The summed E-state index contributed by atoms with van der Waals surface area (Å²) in [6.45, 7) is 9.05. The molecular weight excluding hydrogens is 228 g/mol. The lowest BCUT2D eigenvalue weighted by molar-refractivity contribution is -0.385. The molecule has 0 amide bonds. The first-order chi connectivity index (χ1) is 8.51. The highest BCUT2D eigenvalue weighted by atomic mass is 16.6. The first-order valence-electron chi connectivity index (χ1n) is 6.49. The molecule has 1 N–H and O–H groups in total. The lowest BCUT2D eigenvalue weighted by atomic mass is 9.88. The Bertz CT molecular complexity index is 418. The van der Waals surface area contributed by atoms with Crippen molar-refractivity contribution in [2.45, 2.75) is 46.1 Å². The molecule has 18 heavy (non-hydrogen) atoms. The van der Waals surface area contributed by atoms with Crippen LogP contribution < -0.4 is 5.32 Å². The van der Waals surface area contributed by atoms with Crippen LogP contribution >= 0.6 is 0 Å². The van der Waals surface area contributed by atoms with Crippen LogP contribution in [0.5, 0.6) is 0 Å². The van der Waals surface area contributed by atoms with Gasteiger partial charge in [0.1, 0.15) is 0 Å². The summed E-state index contributed by atoms with van der Waals surface area (Å²) < 4.78 is 0. The topological polar surface area (TPSA) is 55.2 Å². The van der Waals surface area contributed by atoms with Crippen LogP contribution in [0.1, 0.15) is 44.2 Å². The molecule has 100 valence electrons. The Balaban J connectivity index is 3.18. The SMILES string of the molecule is CCNC(C)C(CC)c1cc(C)ccc1[N+](=O)[O-]. The highest BCUT2D eigenvalue weighted by Crippen LogP contribution is 2.32. The zero-order valence-electron chi connectivity index (χ0n) is 11.6.